The van der Waals surface area contributed by atoms with E-state index in [0.29, 0.717) is 13.1 Å². The van der Waals surface area contributed by atoms with Crippen molar-refractivity contribution in [3.05, 3.63) is 38.9 Å². The molecule has 6 nitrogen and oxygen atoms in total. The van der Waals surface area contributed by atoms with Crippen LogP contribution in [-0.4, -0.2) is 34.9 Å². The molecule has 2 rings (SSSR count). The van der Waals surface area contributed by atoms with Crippen LogP contribution < -0.4 is 5.73 Å². The largest absolute Gasteiger partial charge is 0.335 e. The summed E-state index contributed by atoms with van der Waals surface area (Å²) in [4.78, 5) is 24.6. The fourth-order valence-corrected chi connectivity index (χ4v) is 2.75. The molecule has 2 unspecified atom stereocenters. The normalized spacial score (nSPS) is 22.1. The maximum absolute atomic E-state index is 12.5. The van der Waals surface area contributed by atoms with E-state index >= 15 is 0 Å². The zero-order valence-corrected chi connectivity index (χ0v) is 11.8. The quantitative estimate of drug-likeness (QED) is 0.683. The van der Waals surface area contributed by atoms with E-state index in [1.165, 1.54) is 18.2 Å². The molecular weight excluding hydrogens is 282 g/mol. The number of hydrogen-bond donors (Lipinski definition) is 1. The van der Waals surface area contributed by atoms with Gasteiger partial charge in [0.15, 0.2) is 0 Å². The first-order chi connectivity index (χ1) is 9.43. The second kappa shape index (κ2) is 5.76. The molecule has 0 aliphatic carbocycles. The van der Waals surface area contributed by atoms with Crippen LogP contribution in [0.3, 0.4) is 0 Å². The zero-order valence-electron chi connectivity index (χ0n) is 11.1. The van der Waals surface area contributed by atoms with Gasteiger partial charge in [0.1, 0.15) is 5.56 Å². The van der Waals surface area contributed by atoms with Crippen LogP contribution in [0.2, 0.25) is 5.02 Å². The molecule has 1 saturated heterocycles. The summed E-state index contributed by atoms with van der Waals surface area (Å²) in [7, 11) is 0. The highest BCUT2D eigenvalue weighted by Crippen LogP contribution is 2.29. The van der Waals surface area contributed by atoms with Gasteiger partial charge in [0.2, 0.25) is 0 Å². The third-order valence-electron chi connectivity index (χ3n) is 3.64. The minimum atomic E-state index is -0.583. The van der Waals surface area contributed by atoms with Crippen molar-refractivity contribution in [3.63, 3.8) is 0 Å². The Hall–Kier alpha value is -1.66. The Labute approximate surface area is 121 Å². The molecule has 0 spiro atoms. The van der Waals surface area contributed by atoms with E-state index in [-0.39, 0.29) is 34.1 Å². The van der Waals surface area contributed by atoms with Gasteiger partial charge in [0.05, 0.1) is 4.92 Å². The van der Waals surface area contributed by atoms with Crippen molar-refractivity contribution < 1.29 is 9.72 Å². The predicted octanol–water partition coefficient (Wildman–Crippen LogP) is 2.06. The van der Waals surface area contributed by atoms with E-state index in [4.69, 9.17) is 17.3 Å². The number of benzene rings is 1. The average Bonchev–Trinajstić information content (AvgIpc) is 2.79. The van der Waals surface area contributed by atoms with Gasteiger partial charge in [0, 0.05) is 23.7 Å². The van der Waals surface area contributed by atoms with Crippen LogP contribution in [0.25, 0.3) is 0 Å². The number of hydrogen-bond acceptors (Lipinski definition) is 4. The van der Waals surface area contributed by atoms with Crippen LogP contribution in [0.1, 0.15) is 23.7 Å². The number of halogens is 1. The second-order valence-corrected chi connectivity index (χ2v) is 5.50. The van der Waals surface area contributed by atoms with Crippen LogP contribution >= 0.6 is 11.6 Å². The number of nitro groups is 1. The minimum Gasteiger partial charge on any atom is -0.335 e. The molecule has 1 aromatic carbocycles. The van der Waals surface area contributed by atoms with Gasteiger partial charge in [-0.05, 0) is 37.9 Å². The lowest BCUT2D eigenvalue weighted by Gasteiger charge is -2.21. The summed E-state index contributed by atoms with van der Waals surface area (Å²) in [5.41, 5.74) is 5.45. The summed E-state index contributed by atoms with van der Waals surface area (Å²) in [5.74, 6) is -0.0860. The number of nitrogens with two attached hydrogens (primary N) is 1. The second-order valence-electron chi connectivity index (χ2n) is 5.06. The first-order valence-electron chi connectivity index (χ1n) is 6.39. The molecule has 20 heavy (non-hydrogen) atoms. The summed E-state index contributed by atoms with van der Waals surface area (Å²) in [6, 6.07) is 4.14. The maximum atomic E-state index is 12.5. The average molecular weight is 298 g/mol. The first-order valence-corrected chi connectivity index (χ1v) is 6.76. The third kappa shape index (κ3) is 2.76. The molecule has 108 valence electrons. The van der Waals surface area contributed by atoms with Crippen LogP contribution in [0.4, 0.5) is 5.69 Å². The summed E-state index contributed by atoms with van der Waals surface area (Å²) in [6.07, 6.45) is 0.823. The highest BCUT2D eigenvalue weighted by atomic mass is 35.5. The lowest BCUT2D eigenvalue weighted by molar-refractivity contribution is -0.385. The van der Waals surface area contributed by atoms with Crippen molar-refractivity contribution in [1.29, 1.82) is 0 Å². The Bertz CT molecular complexity index is 550. The highest BCUT2D eigenvalue weighted by molar-refractivity contribution is 6.31. The molecule has 1 aromatic rings. The van der Waals surface area contributed by atoms with Gasteiger partial charge in [-0.2, -0.15) is 0 Å². The molecular formula is C13H16ClN3O3. The van der Waals surface area contributed by atoms with E-state index in [1.807, 2.05) is 6.92 Å². The van der Waals surface area contributed by atoms with Crippen molar-refractivity contribution in [2.75, 3.05) is 13.1 Å². The highest BCUT2D eigenvalue weighted by Gasteiger charge is 2.34. The molecule has 1 amide bonds. The molecule has 1 fully saturated rings. The SMILES string of the molecule is CC1CC(CN)CN1C(=O)c1ccc(Cl)cc1[N+](=O)[O-]. The van der Waals surface area contributed by atoms with Crippen LogP contribution in [0, 0.1) is 16.0 Å². The molecule has 1 aliphatic heterocycles. The van der Waals surface area contributed by atoms with E-state index in [0.717, 1.165) is 6.42 Å². The fraction of sp³-hybridized carbons (Fsp3) is 0.462. The topological polar surface area (TPSA) is 89.5 Å². The third-order valence-corrected chi connectivity index (χ3v) is 3.88. The van der Waals surface area contributed by atoms with Gasteiger partial charge < -0.3 is 10.6 Å². The Morgan fingerprint density at radius 3 is 2.85 bits per heavy atom. The van der Waals surface area contributed by atoms with E-state index in [1.54, 1.807) is 4.90 Å². The maximum Gasteiger partial charge on any atom is 0.283 e. The van der Waals surface area contributed by atoms with Gasteiger partial charge in [-0.3, -0.25) is 14.9 Å². The fourth-order valence-electron chi connectivity index (χ4n) is 2.59. The first kappa shape index (κ1) is 14.7. The standard InChI is InChI=1S/C13H16ClN3O3/c1-8-4-9(6-15)7-16(8)13(18)11-3-2-10(14)5-12(11)17(19)20/h2-3,5,8-9H,4,6-7,15H2,1H3. The van der Waals surface area contributed by atoms with Gasteiger partial charge in [-0.1, -0.05) is 11.6 Å². The molecule has 1 heterocycles. The molecule has 2 N–H and O–H groups in total. The lowest BCUT2D eigenvalue weighted by Crippen LogP contribution is -2.34. The van der Waals surface area contributed by atoms with Gasteiger partial charge in [-0.15, -0.1) is 0 Å². The summed E-state index contributed by atoms with van der Waals surface area (Å²) in [5, 5.41) is 11.3. The minimum absolute atomic E-state index is 0.0336. The van der Waals surface area contributed by atoms with Crippen LogP contribution in [0.5, 0.6) is 0 Å². The number of nitro benzene ring substituents is 1. The molecule has 0 saturated carbocycles. The predicted molar refractivity (Wildman–Crippen MR) is 75.8 cm³/mol. The van der Waals surface area contributed by atoms with Crippen molar-refractivity contribution in [2.45, 2.75) is 19.4 Å². The van der Waals surface area contributed by atoms with Crippen LogP contribution in [-0.2, 0) is 0 Å². The summed E-state index contributed by atoms with van der Waals surface area (Å²) < 4.78 is 0. The molecule has 0 aromatic heterocycles. The van der Waals surface area contributed by atoms with Crippen molar-refractivity contribution in [2.24, 2.45) is 11.7 Å². The van der Waals surface area contributed by atoms with Crippen LogP contribution in [0.15, 0.2) is 18.2 Å². The molecule has 2 atom stereocenters. The Balaban J connectivity index is 2.32. The molecule has 7 heteroatoms. The molecule has 0 bridgehead atoms. The van der Waals surface area contributed by atoms with E-state index in [2.05, 4.69) is 0 Å². The summed E-state index contributed by atoms with van der Waals surface area (Å²) >= 11 is 5.75. The van der Waals surface area contributed by atoms with E-state index < -0.39 is 4.92 Å². The molecule has 0 radical (unpaired) electrons. The van der Waals surface area contributed by atoms with Crippen molar-refractivity contribution >= 4 is 23.2 Å². The number of likely N-dealkylation sites (tertiary alicyclic amines) is 1. The van der Waals surface area contributed by atoms with Gasteiger partial charge in [0.25, 0.3) is 11.6 Å². The number of rotatable bonds is 3. The Kier molecular flexibility index (Phi) is 4.25. The van der Waals surface area contributed by atoms with E-state index in [9.17, 15) is 14.9 Å². The summed E-state index contributed by atoms with van der Waals surface area (Å²) in [6.45, 7) is 2.97. The number of nitrogens with zero attached hydrogens (tertiary/aromatic N) is 2. The van der Waals surface area contributed by atoms with Crippen molar-refractivity contribution in [1.82, 2.24) is 4.90 Å². The zero-order chi connectivity index (χ0) is 14.9. The number of carbonyl (C=O) groups is 1. The number of amides is 1. The Morgan fingerprint density at radius 2 is 2.30 bits per heavy atom. The molecule has 1 aliphatic rings. The van der Waals surface area contributed by atoms with Gasteiger partial charge >= 0.3 is 0 Å². The van der Waals surface area contributed by atoms with Gasteiger partial charge in [-0.25, -0.2) is 0 Å². The smallest absolute Gasteiger partial charge is 0.283 e. The lowest BCUT2D eigenvalue weighted by atomic mass is 10.1. The number of carbonyl (C=O) groups excluding carboxylic acids is 1. The van der Waals surface area contributed by atoms with Crippen molar-refractivity contribution in [3.8, 4) is 0 Å². The Morgan fingerprint density at radius 1 is 1.60 bits per heavy atom. The monoisotopic (exact) mass is 297 g/mol.